The Bertz CT molecular complexity index is 2600. The molecule has 0 bridgehead atoms. The van der Waals surface area contributed by atoms with E-state index < -0.39 is 0 Å². The molecule has 0 aliphatic rings. The summed E-state index contributed by atoms with van der Waals surface area (Å²) in [4.78, 5) is 34.0. The van der Waals surface area contributed by atoms with Crippen molar-refractivity contribution < 1.29 is 0 Å². The summed E-state index contributed by atoms with van der Waals surface area (Å²) in [5, 5.41) is 3.72. The second kappa shape index (κ2) is 10.6. The third-order valence-electron chi connectivity index (χ3n) is 8.13. The molecule has 0 radical (unpaired) electrons. The Kier molecular flexibility index (Phi) is 6.14. The van der Waals surface area contributed by atoms with Gasteiger partial charge in [0.1, 0.15) is 11.3 Å². The Hall–Kier alpha value is -5.86. The number of para-hydroxylation sites is 2. The number of halogens is 1. The molecule has 1 N–H and O–H groups in total. The Labute approximate surface area is 271 Å². The minimum absolute atomic E-state index is 0.383. The fourth-order valence-corrected chi connectivity index (χ4v) is 6.38. The van der Waals surface area contributed by atoms with Gasteiger partial charge in [-0.3, -0.25) is 0 Å². The number of nitrogens with zero attached hydrogens (tertiary/aromatic N) is 6. The van der Waals surface area contributed by atoms with Gasteiger partial charge < -0.3 is 4.98 Å². The smallest absolute Gasteiger partial charge is 0.200 e. The Morgan fingerprint density at radius 2 is 0.957 bits per heavy atom. The van der Waals surface area contributed by atoms with E-state index in [9.17, 15) is 0 Å². The van der Waals surface area contributed by atoms with Crippen LogP contribution in [0.5, 0.6) is 0 Å². The molecule has 4 aromatic heterocycles. The molecule has 0 saturated carbocycles. The summed E-state index contributed by atoms with van der Waals surface area (Å²) in [5.41, 5.74) is 7.47. The maximum atomic E-state index is 5.18. The highest BCUT2D eigenvalue weighted by atomic mass is 79.9. The van der Waals surface area contributed by atoms with Gasteiger partial charge in [-0.2, -0.15) is 0 Å². The van der Waals surface area contributed by atoms with Crippen molar-refractivity contribution in [2.45, 2.75) is 0 Å². The molecule has 0 atom stereocenters. The van der Waals surface area contributed by atoms with Crippen molar-refractivity contribution in [2.24, 2.45) is 0 Å². The molecular weight excluding hydrogens is 634 g/mol. The predicted octanol–water partition coefficient (Wildman–Crippen LogP) is 9.43. The highest BCUT2D eigenvalue weighted by Crippen LogP contribution is 2.37. The lowest BCUT2D eigenvalue weighted by molar-refractivity contribution is 1.10. The van der Waals surface area contributed by atoms with Crippen LogP contribution in [0.1, 0.15) is 0 Å². The van der Waals surface area contributed by atoms with Crippen LogP contribution in [0.4, 0.5) is 0 Å². The van der Waals surface area contributed by atoms with Crippen molar-refractivity contribution >= 4 is 59.7 Å². The zero-order valence-electron chi connectivity index (χ0n) is 24.2. The molecule has 4 heterocycles. The van der Waals surface area contributed by atoms with Gasteiger partial charge in [0, 0.05) is 37.3 Å². The van der Waals surface area contributed by atoms with E-state index in [1.807, 2.05) is 91.0 Å². The van der Waals surface area contributed by atoms with E-state index in [2.05, 4.69) is 57.3 Å². The third kappa shape index (κ3) is 4.42. The quantitative estimate of drug-likeness (QED) is 0.203. The number of nitrogens with one attached hydrogen (secondary N) is 1. The first-order valence-corrected chi connectivity index (χ1v) is 15.6. The Balaban J connectivity index is 1.37. The first-order chi connectivity index (χ1) is 22.7. The van der Waals surface area contributed by atoms with Crippen LogP contribution in [-0.2, 0) is 0 Å². The SMILES string of the molecule is Brc1ccc2[nH]c3nc(-c4nc(-c5ccccc5)c5ccccc5n4)nc(-c4nc(-c5ccccc5)c5ccccc5n4)c3c2c1. The minimum atomic E-state index is 0.383. The van der Waals surface area contributed by atoms with E-state index in [1.54, 1.807) is 0 Å². The highest BCUT2D eigenvalue weighted by molar-refractivity contribution is 9.10. The summed E-state index contributed by atoms with van der Waals surface area (Å²) >= 11 is 3.66. The number of hydrogen-bond donors (Lipinski definition) is 1. The molecule has 0 unspecified atom stereocenters. The van der Waals surface area contributed by atoms with Crippen LogP contribution in [0.2, 0.25) is 0 Å². The lowest BCUT2D eigenvalue weighted by Gasteiger charge is -2.12. The van der Waals surface area contributed by atoms with Crippen molar-refractivity contribution in [1.82, 2.24) is 34.9 Å². The average molecular weight is 657 g/mol. The number of fused-ring (bicyclic) bond motifs is 5. The molecule has 8 heteroatoms. The van der Waals surface area contributed by atoms with Gasteiger partial charge in [0.25, 0.3) is 0 Å². The minimum Gasteiger partial charge on any atom is -0.339 e. The van der Waals surface area contributed by atoms with Gasteiger partial charge in [0.2, 0.25) is 0 Å². The number of H-pyrrole nitrogens is 1. The lowest BCUT2D eigenvalue weighted by atomic mass is 10.1. The topological polar surface area (TPSA) is 93.1 Å². The van der Waals surface area contributed by atoms with Gasteiger partial charge >= 0.3 is 0 Å². The van der Waals surface area contributed by atoms with Crippen molar-refractivity contribution in [1.29, 1.82) is 0 Å². The number of rotatable bonds is 4. The summed E-state index contributed by atoms with van der Waals surface area (Å²) in [7, 11) is 0. The van der Waals surface area contributed by atoms with Gasteiger partial charge in [-0.15, -0.1) is 0 Å². The van der Waals surface area contributed by atoms with Crippen molar-refractivity contribution in [3.8, 4) is 45.7 Å². The largest absolute Gasteiger partial charge is 0.339 e. The van der Waals surface area contributed by atoms with Crippen LogP contribution in [0.3, 0.4) is 0 Å². The van der Waals surface area contributed by atoms with Gasteiger partial charge in [-0.25, -0.2) is 29.9 Å². The molecular formula is C38H22BrN7. The Morgan fingerprint density at radius 3 is 1.61 bits per heavy atom. The average Bonchev–Trinajstić information content (AvgIpc) is 3.48. The van der Waals surface area contributed by atoms with Crippen LogP contribution < -0.4 is 0 Å². The maximum absolute atomic E-state index is 5.18. The van der Waals surface area contributed by atoms with Crippen LogP contribution in [0, 0.1) is 0 Å². The van der Waals surface area contributed by atoms with E-state index in [4.69, 9.17) is 29.9 Å². The number of aromatic nitrogens is 7. The summed E-state index contributed by atoms with van der Waals surface area (Å²) < 4.78 is 0.950. The number of hydrogen-bond acceptors (Lipinski definition) is 6. The van der Waals surface area contributed by atoms with Gasteiger partial charge in [-0.05, 0) is 30.3 Å². The van der Waals surface area contributed by atoms with Gasteiger partial charge in [0.05, 0.1) is 27.8 Å². The summed E-state index contributed by atoms with van der Waals surface area (Å²) in [5.74, 6) is 1.30. The molecule has 0 aliphatic heterocycles. The summed E-state index contributed by atoms with van der Waals surface area (Å²) in [6, 6.07) is 42.5. The van der Waals surface area contributed by atoms with E-state index in [-0.39, 0.29) is 0 Å². The first kappa shape index (κ1) is 26.5. The monoisotopic (exact) mass is 655 g/mol. The van der Waals surface area contributed by atoms with Crippen LogP contribution in [-0.4, -0.2) is 34.9 Å². The zero-order valence-corrected chi connectivity index (χ0v) is 25.8. The van der Waals surface area contributed by atoms with Crippen molar-refractivity contribution in [2.75, 3.05) is 0 Å². The second-order valence-corrected chi connectivity index (χ2v) is 11.9. The first-order valence-electron chi connectivity index (χ1n) is 14.8. The number of benzene rings is 5. The molecule has 0 fully saturated rings. The van der Waals surface area contributed by atoms with Crippen molar-refractivity contribution in [3.63, 3.8) is 0 Å². The lowest BCUT2D eigenvalue weighted by Crippen LogP contribution is -2.03. The molecule has 9 aromatic rings. The van der Waals surface area contributed by atoms with Gasteiger partial charge in [0.15, 0.2) is 17.5 Å². The van der Waals surface area contributed by atoms with E-state index >= 15 is 0 Å². The molecule has 46 heavy (non-hydrogen) atoms. The molecule has 5 aromatic carbocycles. The van der Waals surface area contributed by atoms with Crippen molar-refractivity contribution in [3.05, 3.63) is 132 Å². The standard InChI is InChI=1S/C38H22BrN7/c39-24-19-20-30-27(21-24)31-34(36-41-28-17-9-7-15-25(28)32(43-36)22-11-3-1-4-12-22)45-38(46-35(31)40-30)37-42-29-18-10-8-16-26(29)33(44-37)23-13-5-2-6-14-23/h1-21H,(H,40,45,46). The van der Waals surface area contributed by atoms with E-state index in [0.717, 1.165) is 65.1 Å². The molecule has 216 valence electrons. The van der Waals surface area contributed by atoms with E-state index in [1.165, 1.54) is 0 Å². The second-order valence-electron chi connectivity index (χ2n) is 11.0. The van der Waals surface area contributed by atoms with Crippen LogP contribution in [0.15, 0.2) is 132 Å². The van der Waals surface area contributed by atoms with Crippen LogP contribution in [0.25, 0.3) is 89.4 Å². The molecule has 0 aliphatic carbocycles. The molecule has 0 amide bonds. The summed E-state index contributed by atoms with van der Waals surface area (Å²) in [6.45, 7) is 0. The summed E-state index contributed by atoms with van der Waals surface area (Å²) in [6.07, 6.45) is 0. The fraction of sp³-hybridized carbons (Fsp3) is 0. The normalized spacial score (nSPS) is 11.6. The fourth-order valence-electron chi connectivity index (χ4n) is 6.02. The van der Waals surface area contributed by atoms with E-state index in [0.29, 0.717) is 28.8 Å². The van der Waals surface area contributed by atoms with Crippen LogP contribution >= 0.6 is 15.9 Å². The number of aromatic amines is 1. The zero-order chi connectivity index (χ0) is 30.6. The Morgan fingerprint density at radius 1 is 0.435 bits per heavy atom. The van der Waals surface area contributed by atoms with Gasteiger partial charge in [-0.1, -0.05) is 113 Å². The molecule has 0 saturated heterocycles. The maximum Gasteiger partial charge on any atom is 0.200 e. The predicted molar refractivity (Wildman–Crippen MR) is 187 cm³/mol. The molecule has 7 nitrogen and oxygen atoms in total. The molecule has 9 rings (SSSR count). The highest BCUT2D eigenvalue weighted by Gasteiger charge is 2.22. The molecule has 0 spiro atoms. The third-order valence-corrected chi connectivity index (χ3v) is 8.62.